The summed E-state index contributed by atoms with van der Waals surface area (Å²) in [5.41, 5.74) is 0. The molecule has 5 heteroatoms. The van der Waals surface area contributed by atoms with Gasteiger partial charge in [0.15, 0.2) is 0 Å². The van der Waals surface area contributed by atoms with Crippen molar-refractivity contribution in [2.75, 3.05) is 12.0 Å². The number of ether oxygens (including phenoxy) is 1. The molecule has 0 aromatic carbocycles. The van der Waals surface area contributed by atoms with Gasteiger partial charge in [-0.25, -0.2) is 4.79 Å². The normalized spacial score (nSPS) is 12.3. The van der Waals surface area contributed by atoms with Crippen molar-refractivity contribution < 1.29 is 14.3 Å². The highest BCUT2D eigenvalue weighted by Gasteiger charge is 2.19. The Kier molecular flexibility index (Phi) is 7.28. The van der Waals surface area contributed by atoms with Crippen LogP contribution in [0.15, 0.2) is 0 Å². The lowest BCUT2D eigenvalue weighted by Crippen LogP contribution is -2.38. The Morgan fingerprint density at radius 3 is 2.64 bits per heavy atom. The second-order valence-corrected chi connectivity index (χ2v) is 4.09. The predicted molar refractivity (Wildman–Crippen MR) is 57.2 cm³/mol. The van der Waals surface area contributed by atoms with Crippen LogP contribution in [0.5, 0.6) is 0 Å². The second-order valence-electron chi connectivity index (χ2n) is 3.10. The Hall–Kier alpha value is -0.710. The van der Waals surface area contributed by atoms with Gasteiger partial charge in [0.1, 0.15) is 6.04 Å². The number of carbonyl (C=O) groups excluding carboxylic acids is 2. The molecule has 82 valence electrons. The minimum Gasteiger partial charge on any atom is -0.461 e. The van der Waals surface area contributed by atoms with E-state index in [0.29, 0.717) is 12.8 Å². The third-order valence-electron chi connectivity index (χ3n) is 1.52. The molecule has 0 aliphatic rings. The Labute approximate surface area is 88.8 Å². The first kappa shape index (κ1) is 13.3. The molecule has 0 bridgehead atoms. The molecule has 14 heavy (non-hydrogen) atoms. The number of nitrogens with one attached hydrogen (secondary N) is 1. The fourth-order valence-electron chi connectivity index (χ4n) is 0.902. The lowest BCUT2D eigenvalue weighted by molar-refractivity contribution is -0.150. The molecule has 4 nitrogen and oxygen atoms in total. The van der Waals surface area contributed by atoms with E-state index in [2.05, 4.69) is 5.32 Å². The molecule has 0 spiro atoms. The second kappa shape index (κ2) is 7.67. The molecule has 0 saturated carbocycles. The molecule has 0 aliphatic carbocycles. The molecule has 0 heterocycles. The molecule has 1 atom stereocenters. The number of thioether (sulfide) groups is 1. The van der Waals surface area contributed by atoms with Crippen LogP contribution in [0.25, 0.3) is 0 Å². The highest BCUT2D eigenvalue weighted by Crippen LogP contribution is 2.03. The molecule has 0 radical (unpaired) electrons. The SMILES string of the molecule is CSCC[C@H](NC=O)C(=O)OC(C)C. The summed E-state index contributed by atoms with van der Waals surface area (Å²) in [4.78, 5) is 21.6. The molecule has 0 unspecified atom stereocenters. The van der Waals surface area contributed by atoms with Crippen LogP contribution in [-0.2, 0) is 14.3 Å². The van der Waals surface area contributed by atoms with Gasteiger partial charge in [0.25, 0.3) is 0 Å². The van der Waals surface area contributed by atoms with Gasteiger partial charge in [-0.15, -0.1) is 0 Å². The van der Waals surface area contributed by atoms with Gasteiger partial charge < -0.3 is 10.1 Å². The fourth-order valence-corrected chi connectivity index (χ4v) is 1.37. The topological polar surface area (TPSA) is 55.4 Å². The van der Waals surface area contributed by atoms with Crippen molar-refractivity contribution >= 4 is 24.1 Å². The zero-order chi connectivity index (χ0) is 11.0. The first-order valence-electron chi connectivity index (χ1n) is 4.51. The maximum Gasteiger partial charge on any atom is 0.328 e. The van der Waals surface area contributed by atoms with Crippen LogP contribution in [-0.4, -0.2) is 36.5 Å². The van der Waals surface area contributed by atoms with Crippen LogP contribution in [0.1, 0.15) is 20.3 Å². The third kappa shape index (κ3) is 5.85. The number of hydrogen-bond acceptors (Lipinski definition) is 4. The standard InChI is InChI=1S/C9H17NO3S/c1-7(2)13-9(12)8(10-6-11)4-5-14-3/h6-8H,4-5H2,1-3H3,(H,10,11)/t8-/m0/s1. The molecule has 1 amide bonds. The Balaban J connectivity index is 4.03. The van der Waals surface area contributed by atoms with Crippen LogP contribution in [0.3, 0.4) is 0 Å². The Bertz CT molecular complexity index is 185. The van der Waals surface area contributed by atoms with Crippen LogP contribution in [0.4, 0.5) is 0 Å². The summed E-state index contributed by atoms with van der Waals surface area (Å²) in [6.07, 6.45) is 2.94. The van der Waals surface area contributed by atoms with Gasteiger partial charge in [0.05, 0.1) is 6.10 Å². The fraction of sp³-hybridized carbons (Fsp3) is 0.778. The lowest BCUT2D eigenvalue weighted by Gasteiger charge is -2.16. The predicted octanol–water partition coefficient (Wildman–Crippen LogP) is 0.806. The van der Waals surface area contributed by atoms with E-state index in [9.17, 15) is 9.59 Å². The van der Waals surface area contributed by atoms with Gasteiger partial charge in [0.2, 0.25) is 6.41 Å². The van der Waals surface area contributed by atoms with Crippen LogP contribution in [0.2, 0.25) is 0 Å². The Morgan fingerprint density at radius 2 is 2.21 bits per heavy atom. The number of hydrogen-bond donors (Lipinski definition) is 1. The number of carbonyl (C=O) groups is 2. The third-order valence-corrected chi connectivity index (χ3v) is 2.16. The minimum absolute atomic E-state index is 0.146. The average Bonchev–Trinajstić information content (AvgIpc) is 2.10. The van der Waals surface area contributed by atoms with Crippen molar-refractivity contribution in [3.8, 4) is 0 Å². The molecule has 0 fully saturated rings. The van der Waals surface area contributed by atoms with Crippen molar-refractivity contribution in [3.63, 3.8) is 0 Å². The molecule has 0 aliphatic heterocycles. The van der Waals surface area contributed by atoms with Gasteiger partial charge in [0, 0.05) is 0 Å². The highest BCUT2D eigenvalue weighted by molar-refractivity contribution is 7.98. The summed E-state index contributed by atoms with van der Waals surface area (Å²) in [5.74, 6) is 0.458. The van der Waals surface area contributed by atoms with Gasteiger partial charge >= 0.3 is 5.97 Å². The maximum atomic E-state index is 11.4. The lowest BCUT2D eigenvalue weighted by atomic mass is 10.2. The molecule has 0 aromatic rings. The molecule has 0 saturated heterocycles. The quantitative estimate of drug-likeness (QED) is 0.508. The van der Waals surface area contributed by atoms with Crippen LogP contribution < -0.4 is 5.32 Å². The maximum absolute atomic E-state index is 11.4. The summed E-state index contributed by atoms with van der Waals surface area (Å²) in [6, 6.07) is -0.512. The Morgan fingerprint density at radius 1 is 1.57 bits per heavy atom. The zero-order valence-corrected chi connectivity index (χ0v) is 9.60. The van der Waals surface area contributed by atoms with Gasteiger partial charge in [-0.3, -0.25) is 4.79 Å². The largest absolute Gasteiger partial charge is 0.461 e. The highest BCUT2D eigenvalue weighted by atomic mass is 32.2. The monoisotopic (exact) mass is 219 g/mol. The zero-order valence-electron chi connectivity index (χ0n) is 8.78. The van der Waals surface area contributed by atoms with Crippen molar-refractivity contribution in [3.05, 3.63) is 0 Å². The van der Waals surface area contributed by atoms with Crippen LogP contribution in [0, 0.1) is 0 Å². The van der Waals surface area contributed by atoms with E-state index in [1.54, 1.807) is 25.6 Å². The van der Waals surface area contributed by atoms with E-state index in [1.807, 2.05) is 6.26 Å². The number of rotatable bonds is 7. The van der Waals surface area contributed by atoms with Crippen molar-refractivity contribution in [2.45, 2.75) is 32.4 Å². The molecular weight excluding hydrogens is 202 g/mol. The van der Waals surface area contributed by atoms with E-state index in [0.717, 1.165) is 5.75 Å². The van der Waals surface area contributed by atoms with Gasteiger partial charge in [-0.1, -0.05) is 0 Å². The van der Waals surface area contributed by atoms with Crippen molar-refractivity contribution in [2.24, 2.45) is 0 Å². The van der Waals surface area contributed by atoms with Crippen LogP contribution >= 0.6 is 11.8 Å². The average molecular weight is 219 g/mol. The molecule has 0 aromatic heterocycles. The molecule has 1 N–H and O–H groups in total. The van der Waals surface area contributed by atoms with E-state index in [4.69, 9.17) is 4.74 Å². The summed E-state index contributed by atoms with van der Waals surface area (Å²) in [7, 11) is 0. The van der Waals surface area contributed by atoms with E-state index in [-0.39, 0.29) is 12.1 Å². The number of esters is 1. The molecular formula is C9H17NO3S. The first-order valence-corrected chi connectivity index (χ1v) is 5.90. The summed E-state index contributed by atoms with van der Waals surface area (Å²) in [6.45, 7) is 3.56. The van der Waals surface area contributed by atoms with Gasteiger partial charge in [-0.2, -0.15) is 11.8 Å². The molecule has 0 rings (SSSR count). The van der Waals surface area contributed by atoms with E-state index in [1.165, 1.54) is 0 Å². The van der Waals surface area contributed by atoms with Crippen molar-refractivity contribution in [1.82, 2.24) is 5.32 Å². The summed E-state index contributed by atoms with van der Waals surface area (Å²) in [5, 5.41) is 2.45. The summed E-state index contributed by atoms with van der Waals surface area (Å²) >= 11 is 1.63. The van der Waals surface area contributed by atoms with Crippen molar-refractivity contribution in [1.29, 1.82) is 0 Å². The van der Waals surface area contributed by atoms with Gasteiger partial charge in [-0.05, 0) is 32.3 Å². The number of amides is 1. The summed E-state index contributed by atoms with van der Waals surface area (Å²) < 4.78 is 4.99. The minimum atomic E-state index is -0.512. The van der Waals surface area contributed by atoms with E-state index < -0.39 is 6.04 Å². The first-order chi connectivity index (χ1) is 6.61. The van der Waals surface area contributed by atoms with E-state index >= 15 is 0 Å². The smallest absolute Gasteiger partial charge is 0.328 e.